The van der Waals surface area contributed by atoms with Crippen LogP contribution in [0.2, 0.25) is 0 Å². The third-order valence-corrected chi connectivity index (χ3v) is 7.40. The molecule has 8 heteroatoms. The van der Waals surface area contributed by atoms with E-state index in [4.69, 9.17) is 4.98 Å². The zero-order valence-electron chi connectivity index (χ0n) is 21.4. The number of pyridine rings is 1. The zero-order valence-corrected chi connectivity index (χ0v) is 21.4. The molecule has 2 aliphatic rings. The van der Waals surface area contributed by atoms with Gasteiger partial charge in [0.15, 0.2) is 0 Å². The molecule has 4 aromatic rings. The quantitative estimate of drug-likeness (QED) is 0.390. The predicted octanol–water partition coefficient (Wildman–Crippen LogP) is 3.90. The van der Waals surface area contributed by atoms with E-state index < -0.39 is 11.9 Å². The fraction of sp³-hybridized carbons (Fsp3) is 0.194. The summed E-state index contributed by atoms with van der Waals surface area (Å²) in [5.41, 5.74) is 6.16. The number of aryl methyl sites for hydroxylation is 1. The molecule has 6 rings (SSSR count). The summed E-state index contributed by atoms with van der Waals surface area (Å²) in [4.78, 5) is 56.6. The van der Waals surface area contributed by atoms with Gasteiger partial charge in [-0.05, 0) is 42.2 Å². The number of carbonyl (C=O) groups is 4. The van der Waals surface area contributed by atoms with E-state index in [0.29, 0.717) is 17.5 Å². The van der Waals surface area contributed by atoms with Gasteiger partial charge in [0.1, 0.15) is 6.04 Å². The molecule has 3 aromatic carbocycles. The molecule has 8 nitrogen and oxygen atoms in total. The van der Waals surface area contributed by atoms with Crippen LogP contribution in [-0.4, -0.2) is 39.6 Å². The fourth-order valence-corrected chi connectivity index (χ4v) is 5.35. The summed E-state index contributed by atoms with van der Waals surface area (Å²) in [6, 6.07) is 22.2. The van der Waals surface area contributed by atoms with Gasteiger partial charge >= 0.3 is 0 Å². The van der Waals surface area contributed by atoms with Gasteiger partial charge in [0.2, 0.25) is 11.8 Å². The molecule has 39 heavy (non-hydrogen) atoms. The molecule has 1 atom stereocenters. The first kappa shape index (κ1) is 24.5. The molecule has 0 bridgehead atoms. The fourth-order valence-electron chi connectivity index (χ4n) is 5.35. The Hall–Kier alpha value is -4.85. The number of hydrogen-bond donors (Lipinski definition) is 2. The van der Waals surface area contributed by atoms with Crippen LogP contribution in [0.4, 0.5) is 0 Å². The first-order valence-corrected chi connectivity index (χ1v) is 12.9. The lowest BCUT2D eigenvalue weighted by molar-refractivity contribution is -0.136. The summed E-state index contributed by atoms with van der Waals surface area (Å²) in [6.07, 6.45) is 0.528. The second kappa shape index (κ2) is 9.79. The predicted molar refractivity (Wildman–Crippen MR) is 146 cm³/mol. The highest BCUT2D eigenvalue weighted by atomic mass is 16.2. The van der Waals surface area contributed by atoms with Gasteiger partial charge in [-0.3, -0.25) is 24.5 Å². The number of nitrogens with zero attached hydrogens (tertiary/aromatic N) is 2. The maximum atomic E-state index is 13.5. The van der Waals surface area contributed by atoms with Gasteiger partial charge in [-0.2, -0.15) is 0 Å². The molecule has 0 saturated carbocycles. The van der Waals surface area contributed by atoms with Crippen molar-refractivity contribution < 1.29 is 19.2 Å². The number of rotatable bonds is 5. The topological polar surface area (TPSA) is 108 Å². The van der Waals surface area contributed by atoms with Crippen LogP contribution < -0.4 is 10.6 Å². The van der Waals surface area contributed by atoms with E-state index in [0.717, 1.165) is 38.9 Å². The standard InChI is InChI=1S/C31H26N4O4/c1-18-6-5-9-23-24(15-25(33-28(18)23)20-7-3-2-4-8-20)29(37)32-16-19-10-11-22-21(14-19)17-35(31(22)39)26-12-13-27(36)34-30(26)38/h2-11,14-15,26H,12-13,16-17H2,1H3,(H,32,37)(H,34,36,38). The average Bonchev–Trinajstić information content (AvgIpc) is 3.27. The lowest BCUT2D eigenvalue weighted by Crippen LogP contribution is -2.52. The lowest BCUT2D eigenvalue weighted by atomic mass is 10.0. The Kier molecular flexibility index (Phi) is 6.15. The Balaban J connectivity index is 1.23. The number of amides is 4. The van der Waals surface area contributed by atoms with E-state index in [1.54, 1.807) is 6.07 Å². The number of imide groups is 1. The highest BCUT2D eigenvalue weighted by Crippen LogP contribution is 2.29. The van der Waals surface area contributed by atoms with Crippen molar-refractivity contribution >= 4 is 34.5 Å². The summed E-state index contributed by atoms with van der Waals surface area (Å²) in [5, 5.41) is 6.13. The van der Waals surface area contributed by atoms with E-state index in [9.17, 15) is 19.2 Å². The monoisotopic (exact) mass is 518 g/mol. The Morgan fingerprint density at radius 3 is 2.64 bits per heavy atom. The van der Waals surface area contributed by atoms with Crippen molar-refractivity contribution in [1.29, 1.82) is 0 Å². The van der Waals surface area contributed by atoms with Crippen LogP contribution in [0, 0.1) is 6.92 Å². The number of nitrogens with one attached hydrogen (secondary N) is 2. The van der Waals surface area contributed by atoms with Crippen LogP contribution in [0.3, 0.4) is 0 Å². The first-order valence-electron chi connectivity index (χ1n) is 12.9. The Morgan fingerprint density at radius 2 is 1.85 bits per heavy atom. The number of aromatic nitrogens is 1. The third kappa shape index (κ3) is 4.54. The Morgan fingerprint density at radius 1 is 1.03 bits per heavy atom. The second-order valence-electron chi connectivity index (χ2n) is 9.97. The molecule has 1 unspecified atom stereocenters. The van der Waals surface area contributed by atoms with E-state index >= 15 is 0 Å². The van der Waals surface area contributed by atoms with Crippen molar-refractivity contribution in [2.45, 2.75) is 38.9 Å². The van der Waals surface area contributed by atoms with Crippen LogP contribution in [-0.2, 0) is 22.7 Å². The zero-order chi connectivity index (χ0) is 27.1. The van der Waals surface area contributed by atoms with E-state index in [2.05, 4.69) is 10.6 Å². The Bertz CT molecular complexity index is 1660. The molecule has 2 N–H and O–H groups in total. The van der Waals surface area contributed by atoms with Gasteiger partial charge in [0, 0.05) is 36.0 Å². The number of benzene rings is 3. The van der Waals surface area contributed by atoms with Crippen molar-refractivity contribution in [3.63, 3.8) is 0 Å². The molecule has 4 amide bonds. The molecule has 194 valence electrons. The van der Waals surface area contributed by atoms with Gasteiger partial charge in [0.25, 0.3) is 11.8 Å². The highest BCUT2D eigenvalue weighted by molar-refractivity contribution is 6.08. The summed E-state index contributed by atoms with van der Waals surface area (Å²) in [5.74, 6) is -1.19. The third-order valence-electron chi connectivity index (χ3n) is 7.40. The van der Waals surface area contributed by atoms with Crippen molar-refractivity contribution in [3.05, 3.63) is 101 Å². The Labute approximate surface area is 225 Å². The molecule has 3 heterocycles. The minimum Gasteiger partial charge on any atom is -0.348 e. The number of fused-ring (bicyclic) bond motifs is 2. The van der Waals surface area contributed by atoms with Crippen molar-refractivity contribution in [1.82, 2.24) is 20.5 Å². The van der Waals surface area contributed by atoms with Crippen LogP contribution in [0.15, 0.2) is 72.8 Å². The van der Waals surface area contributed by atoms with Gasteiger partial charge < -0.3 is 10.2 Å². The molecule has 2 aliphatic heterocycles. The molecule has 1 saturated heterocycles. The van der Waals surface area contributed by atoms with E-state index in [1.165, 1.54) is 4.90 Å². The molecule has 0 aliphatic carbocycles. The SMILES string of the molecule is Cc1cccc2c(C(=O)NCc3ccc4c(c3)CN(C3CCC(=O)NC3=O)C4=O)cc(-c3ccccc3)nc12. The minimum absolute atomic E-state index is 0.211. The maximum Gasteiger partial charge on any atom is 0.255 e. The van der Waals surface area contributed by atoms with Crippen molar-refractivity contribution in [2.75, 3.05) is 0 Å². The number of carbonyl (C=O) groups excluding carboxylic acids is 4. The van der Waals surface area contributed by atoms with Crippen LogP contribution in [0.25, 0.3) is 22.2 Å². The summed E-state index contributed by atoms with van der Waals surface area (Å²) >= 11 is 0. The summed E-state index contributed by atoms with van der Waals surface area (Å²) in [6.45, 7) is 2.54. The number of para-hydroxylation sites is 1. The molecule has 0 spiro atoms. The van der Waals surface area contributed by atoms with Crippen molar-refractivity contribution in [2.24, 2.45) is 0 Å². The van der Waals surface area contributed by atoms with Gasteiger partial charge in [-0.25, -0.2) is 4.98 Å². The second-order valence-corrected chi connectivity index (χ2v) is 9.97. The highest BCUT2D eigenvalue weighted by Gasteiger charge is 2.39. The lowest BCUT2D eigenvalue weighted by Gasteiger charge is -2.29. The van der Waals surface area contributed by atoms with Gasteiger partial charge in [-0.1, -0.05) is 60.7 Å². The minimum atomic E-state index is -0.659. The van der Waals surface area contributed by atoms with E-state index in [1.807, 2.05) is 73.7 Å². The molecular weight excluding hydrogens is 492 g/mol. The molecule has 1 aromatic heterocycles. The van der Waals surface area contributed by atoms with Crippen LogP contribution in [0.5, 0.6) is 0 Å². The average molecular weight is 519 g/mol. The van der Waals surface area contributed by atoms with Gasteiger partial charge in [0.05, 0.1) is 16.8 Å². The van der Waals surface area contributed by atoms with Gasteiger partial charge in [-0.15, -0.1) is 0 Å². The number of hydrogen-bond acceptors (Lipinski definition) is 5. The summed E-state index contributed by atoms with van der Waals surface area (Å²) < 4.78 is 0. The van der Waals surface area contributed by atoms with Crippen LogP contribution >= 0.6 is 0 Å². The smallest absolute Gasteiger partial charge is 0.255 e. The van der Waals surface area contributed by atoms with Crippen LogP contribution in [0.1, 0.15) is 50.2 Å². The molecule has 1 fully saturated rings. The van der Waals surface area contributed by atoms with Crippen molar-refractivity contribution in [3.8, 4) is 11.3 Å². The summed E-state index contributed by atoms with van der Waals surface area (Å²) in [7, 11) is 0. The van der Waals surface area contributed by atoms with E-state index in [-0.39, 0.29) is 37.2 Å². The first-order chi connectivity index (χ1) is 18.9. The number of piperidine rings is 1. The molecular formula is C31H26N4O4. The normalized spacial score (nSPS) is 16.8. The maximum absolute atomic E-state index is 13.5. The molecule has 0 radical (unpaired) electrons. The largest absolute Gasteiger partial charge is 0.348 e.